The fourth-order valence-electron chi connectivity index (χ4n) is 2.47. The maximum atomic E-state index is 13.5. The van der Waals surface area contributed by atoms with Crippen LogP contribution >= 0.6 is 0 Å². The van der Waals surface area contributed by atoms with Crippen molar-refractivity contribution in [2.75, 3.05) is 5.32 Å². The van der Waals surface area contributed by atoms with Gasteiger partial charge in [0, 0.05) is 12.1 Å². The zero-order valence-corrected chi connectivity index (χ0v) is 10.3. The minimum atomic E-state index is -0.482. The lowest BCUT2D eigenvalue weighted by molar-refractivity contribution is 0.527. The van der Waals surface area contributed by atoms with Gasteiger partial charge in [-0.2, -0.15) is 5.26 Å². The predicted octanol–water partition coefficient (Wildman–Crippen LogP) is 2.77. The number of anilines is 1. The molecule has 2 atom stereocenters. The van der Waals surface area contributed by atoms with Crippen LogP contribution in [-0.2, 0) is 0 Å². The van der Waals surface area contributed by atoms with Crippen molar-refractivity contribution < 1.29 is 4.39 Å². The first-order chi connectivity index (χ1) is 8.72. The van der Waals surface area contributed by atoms with E-state index in [0.717, 1.165) is 25.7 Å². The predicted molar refractivity (Wildman–Crippen MR) is 69.6 cm³/mol. The number of hydrogen-bond donors (Lipinski definition) is 2. The molecule has 96 valence electrons. The van der Waals surface area contributed by atoms with E-state index >= 15 is 0 Å². The van der Waals surface area contributed by atoms with Gasteiger partial charge in [0.15, 0.2) is 0 Å². The van der Waals surface area contributed by atoms with Gasteiger partial charge in [-0.25, -0.2) is 4.39 Å². The van der Waals surface area contributed by atoms with Gasteiger partial charge >= 0.3 is 0 Å². The highest BCUT2D eigenvalue weighted by Gasteiger charge is 2.21. The van der Waals surface area contributed by atoms with Crippen molar-refractivity contribution in [3.05, 3.63) is 29.6 Å². The second-order valence-electron chi connectivity index (χ2n) is 4.83. The minimum absolute atomic E-state index is 0.0716. The molecule has 18 heavy (non-hydrogen) atoms. The summed E-state index contributed by atoms with van der Waals surface area (Å²) < 4.78 is 13.5. The largest absolute Gasteiger partial charge is 0.380 e. The van der Waals surface area contributed by atoms with Crippen molar-refractivity contribution in [1.29, 1.82) is 5.26 Å². The van der Waals surface area contributed by atoms with Gasteiger partial charge in [-0.05, 0) is 25.0 Å². The van der Waals surface area contributed by atoms with Crippen molar-refractivity contribution in [1.82, 2.24) is 0 Å². The molecule has 0 bridgehead atoms. The van der Waals surface area contributed by atoms with Crippen LogP contribution in [0.4, 0.5) is 10.1 Å². The third kappa shape index (κ3) is 2.80. The summed E-state index contributed by atoms with van der Waals surface area (Å²) in [5.41, 5.74) is 6.75. The van der Waals surface area contributed by atoms with Crippen LogP contribution < -0.4 is 11.1 Å². The summed E-state index contributed by atoms with van der Waals surface area (Å²) in [4.78, 5) is 0. The Morgan fingerprint density at radius 3 is 2.83 bits per heavy atom. The second kappa shape index (κ2) is 5.83. The molecule has 0 amide bonds. The molecule has 0 saturated heterocycles. The molecule has 0 radical (unpaired) electrons. The van der Waals surface area contributed by atoms with Crippen LogP contribution in [0.25, 0.3) is 0 Å². The van der Waals surface area contributed by atoms with E-state index in [2.05, 4.69) is 5.32 Å². The summed E-state index contributed by atoms with van der Waals surface area (Å²) in [6, 6.07) is 6.75. The molecule has 0 aromatic heterocycles. The van der Waals surface area contributed by atoms with E-state index in [1.165, 1.54) is 12.5 Å². The molecule has 3 nitrogen and oxygen atoms in total. The van der Waals surface area contributed by atoms with Gasteiger partial charge < -0.3 is 11.1 Å². The summed E-state index contributed by atoms with van der Waals surface area (Å²) in [7, 11) is 0. The van der Waals surface area contributed by atoms with Crippen LogP contribution in [-0.4, -0.2) is 12.1 Å². The summed E-state index contributed by atoms with van der Waals surface area (Å²) >= 11 is 0. The molecule has 1 aromatic rings. The first-order valence-corrected chi connectivity index (χ1v) is 6.43. The first-order valence-electron chi connectivity index (χ1n) is 6.43. The van der Waals surface area contributed by atoms with E-state index in [-0.39, 0.29) is 17.6 Å². The normalized spacial score (nSPS) is 24.1. The fraction of sp³-hybridized carbons (Fsp3) is 0.500. The smallest absolute Gasteiger partial charge is 0.143 e. The number of nitrogens with two attached hydrogens (primary N) is 1. The van der Waals surface area contributed by atoms with Crippen molar-refractivity contribution in [3.63, 3.8) is 0 Å². The van der Waals surface area contributed by atoms with Crippen LogP contribution in [0.15, 0.2) is 18.2 Å². The molecular formula is C14H18FN3. The molecule has 0 aliphatic heterocycles. The number of nitriles is 1. The van der Waals surface area contributed by atoms with Crippen LogP contribution in [0.3, 0.4) is 0 Å². The number of nitrogens with one attached hydrogen (secondary N) is 1. The molecule has 1 aliphatic rings. The van der Waals surface area contributed by atoms with Gasteiger partial charge in [-0.15, -0.1) is 0 Å². The van der Waals surface area contributed by atoms with Crippen LogP contribution in [0, 0.1) is 17.1 Å². The van der Waals surface area contributed by atoms with Gasteiger partial charge in [0.2, 0.25) is 0 Å². The van der Waals surface area contributed by atoms with Gasteiger partial charge in [-0.3, -0.25) is 0 Å². The van der Waals surface area contributed by atoms with Gasteiger partial charge in [0.25, 0.3) is 0 Å². The second-order valence-corrected chi connectivity index (χ2v) is 4.83. The van der Waals surface area contributed by atoms with Crippen molar-refractivity contribution in [2.45, 2.75) is 44.2 Å². The molecule has 2 unspecified atom stereocenters. The maximum Gasteiger partial charge on any atom is 0.143 e. The zero-order chi connectivity index (χ0) is 13.0. The summed E-state index contributed by atoms with van der Waals surface area (Å²) in [6.45, 7) is 0. The standard InChI is InChI=1S/C14H18FN3/c15-11-5-4-8-13(10(11)9-16)18-14-7-3-1-2-6-12(14)17/h4-5,8,12,14,18H,1-3,6-7,17H2. The summed E-state index contributed by atoms with van der Waals surface area (Å²) in [5.74, 6) is -0.482. The van der Waals surface area contributed by atoms with Gasteiger partial charge in [0.1, 0.15) is 17.4 Å². The maximum absolute atomic E-state index is 13.5. The van der Waals surface area contributed by atoms with Crippen molar-refractivity contribution in [2.24, 2.45) is 5.73 Å². The Balaban J connectivity index is 2.18. The summed E-state index contributed by atoms with van der Waals surface area (Å²) in [6.07, 6.45) is 5.42. The third-order valence-electron chi connectivity index (χ3n) is 3.54. The number of benzene rings is 1. The highest BCUT2D eigenvalue weighted by Crippen LogP contribution is 2.23. The third-order valence-corrected chi connectivity index (χ3v) is 3.54. The Labute approximate surface area is 107 Å². The van der Waals surface area contributed by atoms with Crippen LogP contribution in [0.2, 0.25) is 0 Å². The number of rotatable bonds is 2. The van der Waals surface area contributed by atoms with E-state index in [1.807, 2.05) is 6.07 Å². The number of halogens is 1. The van der Waals surface area contributed by atoms with E-state index in [9.17, 15) is 4.39 Å². The quantitative estimate of drug-likeness (QED) is 0.790. The van der Waals surface area contributed by atoms with E-state index < -0.39 is 5.82 Å². The topological polar surface area (TPSA) is 61.8 Å². The molecule has 0 heterocycles. The molecule has 0 spiro atoms. The Kier molecular flexibility index (Phi) is 4.16. The highest BCUT2D eigenvalue weighted by molar-refractivity contribution is 5.58. The lowest BCUT2D eigenvalue weighted by atomic mass is 10.0. The minimum Gasteiger partial charge on any atom is -0.380 e. The van der Waals surface area contributed by atoms with Crippen molar-refractivity contribution >= 4 is 5.69 Å². The summed E-state index contributed by atoms with van der Waals surface area (Å²) in [5, 5.41) is 12.2. The average Bonchev–Trinajstić information content (AvgIpc) is 2.55. The lowest BCUT2D eigenvalue weighted by Crippen LogP contribution is -2.39. The molecule has 1 aliphatic carbocycles. The molecule has 3 N–H and O–H groups in total. The molecule has 1 saturated carbocycles. The van der Waals surface area contributed by atoms with Gasteiger partial charge in [-0.1, -0.05) is 25.3 Å². The average molecular weight is 247 g/mol. The fourth-order valence-corrected chi connectivity index (χ4v) is 2.47. The molecule has 4 heteroatoms. The van der Waals surface area contributed by atoms with E-state index in [4.69, 9.17) is 11.0 Å². The number of hydrogen-bond acceptors (Lipinski definition) is 3. The van der Waals surface area contributed by atoms with Crippen molar-refractivity contribution in [3.8, 4) is 6.07 Å². The molecular weight excluding hydrogens is 229 g/mol. The lowest BCUT2D eigenvalue weighted by Gasteiger charge is -2.24. The highest BCUT2D eigenvalue weighted by atomic mass is 19.1. The molecule has 2 rings (SSSR count). The van der Waals surface area contributed by atoms with E-state index in [0.29, 0.717) is 5.69 Å². The Bertz CT molecular complexity index is 453. The first kappa shape index (κ1) is 12.8. The monoisotopic (exact) mass is 247 g/mol. The Morgan fingerprint density at radius 2 is 2.06 bits per heavy atom. The zero-order valence-electron chi connectivity index (χ0n) is 10.3. The van der Waals surface area contributed by atoms with E-state index in [1.54, 1.807) is 12.1 Å². The SMILES string of the molecule is N#Cc1c(F)cccc1NC1CCCCCC1N. The van der Waals surface area contributed by atoms with Crippen LogP contribution in [0.1, 0.15) is 37.7 Å². The molecule has 1 aromatic carbocycles. The Hall–Kier alpha value is -1.60. The van der Waals surface area contributed by atoms with Gasteiger partial charge in [0.05, 0.1) is 5.69 Å². The van der Waals surface area contributed by atoms with Crippen LogP contribution in [0.5, 0.6) is 0 Å². The number of nitrogens with zero attached hydrogens (tertiary/aromatic N) is 1. The molecule has 1 fully saturated rings. The Morgan fingerprint density at radius 1 is 1.28 bits per heavy atom.